The van der Waals surface area contributed by atoms with Crippen molar-refractivity contribution < 1.29 is 9.59 Å². The van der Waals surface area contributed by atoms with Crippen molar-refractivity contribution in [2.75, 3.05) is 16.8 Å². The van der Waals surface area contributed by atoms with Crippen LogP contribution in [-0.2, 0) is 6.54 Å². The lowest BCUT2D eigenvalue weighted by Crippen LogP contribution is -2.30. The molecule has 0 heterocycles. The van der Waals surface area contributed by atoms with Crippen LogP contribution in [0.1, 0.15) is 26.3 Å². The molecular weight excluding hydrogens is 523 g/mol. The van der Waals surface area contributed by atoms with Gasteiger partial charge in [0.2, 0.25) is 0 Å². The summed E-state index contributed by atoms with van der Waals surface area (Å²) in [5, 5.41) is 0. The number of hydrogen-bond acceptors (Lipinski definition) is 2. The van der Waals surface area contributed by atoms with Crippen LogP contribution in [0.15, 0.2) is 109 Å². The highest BCUT2D eigenvalue weighted by molar-refractivity contribution is 14.1. The van der Waals surface area contributed by atoms with Crippen molar-refractivity contribution >= 4 is 45.8 Å². The maximum absolute atomic E-state index is 13.5. The standard InChI is InChI=1S/C28H23IN2O2/c1-30(28(33)25-14-8-9-15-26(25)29)23-18-16-22(17-19-23)27(32)31(24-12-6-3-7-13-24)20-21-10-4-2-5-11-21/h2-19H,20H2,1H3. The summed E-state index contributed by atoms with van der Waals surface area (Å²) in [6.07, 6.45) is 0. The summed E-state index contributed by atoms with van der Waals surface area (Å²) < 4.78 is 0.901. The van der Waals surface area contributed by atoms with Crippen molar-refractivity contribution in [3.05, 3.63) is 129 Å². The van der Waals surface area contributed by atoms with Crippen LogP contribution in [0.2, 0.25) is 0 Å². The predicted molar refractivity (Wildman–Crippen MR) is 142 cm³/mol. The molecule has 4 nitrogen and oxygen atoms in total. The zero-order valence-corrected chi connectivity index (χ0v) is 20.3. The number of para-hydroxylation sites is 1. The molecule has 0 N–H and O–H groups in total. The van der Waals surface area contributed by atoms with Crippen molar-refractivity contribution in [3.8, 4) is 0 Å². The van der Waals surface area contributed by atoms with Crippen LogP contribution >= 0.6 is 22.6 Å². The molecular formula is C28H23IN2O2. The van der Waals surface area contributed by atoms with E-state index in [9.17, 15) is 9.59 Å². The van der Waals surface area contributed by atoms with E-state index in [0.717, 1.165) is 20.5 Å². The number of carbonyl (C=O) groups is 2. The number of amides is 2. The fourth-order valence-electron chi connectivity index (χ4n) is 3.57. The zero-order chi connectivity index (χ0) is 23.2. The van der Waals surface area contributed by atoms with Gasteiger partial charge >= 0.3 is 0 Å². The van der Waals surface area contributed by atoms with E-state index in [1.54, 1.807) is 29.0 Å². The molecule has 0 aromatic heterocycles. The Labute approximate surface area is 207 Å². The number of rotatable bonds is 6. The fourth-order valence-corrected chi connectivity index (χ4v) is 4.19. The van der Waals surface area contributed by atoms with Crippen LogP contribution in [0, 0.1) is 3.57 Å². The van der Waals surface area contributed by atoms with E-state index >= 15 is 0 Å². The van der Waals surface area contributed by atoms with Gasteiger partial charge in [-0.1, -0.05) is 60.7 Å². The summed E-state index contributed by atoms with van der Waals surface area (Å²) in [5.41, 5.74) is 3.83. The van der Waals surface area contributed by atoms with Crippen LogP contribution in [0.3, 0.4) is 0 Å². The molecule has 0 unspecified atom stereocenters. The third-order valence-electron chi connectivity index (χ3n) is 5.41. The average Bonchev–Trinajstić information content (AvgIpc) is 2.87. The predicted octanol–water partition coefficient (Wildman–Crippen LogP) is 6.41. The minimum absolute atomic E-state index is 0.0888. The highest BCUT2D eigenvalue weighted by Crippen LogP contribution is 2.23. The molecule has 0 aliphatic rings. The van der Waals surface area contributed by atoms with Gasteiger partial charge < -0.3 is 9.80 Å². The molecule has 33 heavy (non-hydrogen) atoms. The van der Waals surface area contributed by atoms with Gasteiger partial charge in [0.05, 0.1) is 12.1 Å². The van der Waals surface area contributed by atoms with E-state index in [1.165, 1.54) is 0 Å². The fraction of sp³-hybridized carbons (Fsp3) is 0.0714. The molecule has 0 atom stereocenters. The lowest BCUT2D eigenvalue weighted by atomic mass is 10.1. The third-order valence-corrected chi connectivity index (χ3v) is 6.35. The van der Waals surface area contributed by atoms with Crippen LogP contribution in [0.4, 0.5) is 11.4 Å². The van der Waals surface area contributed by atoms with E-state index in [2.05, 4.69) is 22.6 Å². The number of benzene rings is 4. The quantitative estimate of drug-likeness (QED) is 0.262. The highest BCUT2D eigenvalue weighted by atomic mass is 127. The lowest BCUT2D eigenvalue weighted by Gasteiger charge is -2.24. The van der Waals surface area contributed by atoms with Crippen molar-refractivity contribution in [1.82, 2.24) is 0 Å². The van der Waals surface area contributed by atoms with Crippen LogP contribution in [0.5, 0.6) is 0 Å². The second kappa shape index (κ2) is 10.4. The Hall–Kier alpha value is -3.45. The van der Waals surface area contributed by atoms with Gasteiger partial charge in [-0.25, -0.2) is 0 Å². The van der Waals surface area contributed by atoms with Gasteiger partial charge in [0.15, 0.2) is 0 Å². The number of halogens is 1. The van der Waals surface area contributed by atoms with E-state index in [-0.39, 0.29) is 11.8 Å². The van der Waals surface area contributed by atoms with Crippen molar-refractivity contribution in [2.45, 2.75) is 6.54 Å². The summed E-state index contributed by atoms with van der Waals surface area (Å²) in [6.45, 7) is 0.469. The Bertz CT molecular complexity index is 1240. The molecule has 0 radical (unpaired) electrons. The van der Waals surface area contributed by atoms with Crippen molar-refractivity contribution in [2.24, 2.45) is 0 Å². The summed E-state index contributed by atoms with van der Waals surface area (Å²) in [5.74, 6) is -0.183. The number of nitrogens with zero attached hydrogens (tertiary/aromatic N) is 2. The SMILES string of the molecule is CN(C(=O)c1ccccc1I)c1ccc(C(=O)N(Cc2ccccc2)c2ccccc2)cc1. The summed E-state index contributed by atoms with van der Waals surface area (Å²) in [7, 11) is 1.74. The van der Waals surface area contributed by atoms with E-state index in [0.29, 0.717) is 17.7 Å². The van der Waals surface area contributed by atoms with E-state index in [1.807, 2.05) is 97.1 Å². The Kier molecular flexibility index (Phi) is 7.19. The van der Waals surface area contributed by atoms with Gasteiger partial charge in [0.1, 0.15) is 0 Å². The molecule has 0 aliphatic heterocycles. The van der Waals surface area contributed by atoms with E-state index < -0.39 is 0 Å². The topological polar surface area (TPSA) is 40.6 Å². The molecule has 0 fully saturated rings. The molecule has 0 saturated heterocycles. The molecule has 4 aromatic carbocycles. The van der Waals surface area contributed by atoms with Gasteiger partial charge in [-0.2, -0.15) is 0 Å². The average molecular weight is 546 g/mol. The number of carbonyl (C=O) groups excluding carboxylic acids is 2. The van der Waals surface area contributed by atoms with Gasteiger partial charge in [-0.15, -0.1) is 0 Å². The maximum Gasteiger partial charge on any atom is 0.259 e. The van der Waals surface area contributed by atoms with Crippen LogP contribution in [0.25, 0.3) is 0 Å². The van der Waals surface area contributed by atoms with E-state index in [4.69, 9.17) is 0 Å². The smallest absolute Gasteiger partial charge is 0.259 e. The molecule has 4 rings (SSSR count). The van der Waals surface area contributed by atoms with Gasteiger partial charge in [0, 0.05) is 27.6 Å². The minimum Gasteiger partial charge on any atom is -0.311 e. The first kappa shape index (κ1) is 22.7. The van der Waals surface area contributed by atoms with Crippen molar-refractivity contribution in [1.29, 1.82) is 0 Å². The van der Waals surface area contributed by atoms with Gasteiger partial charge in [-0.05, 0) is 76.7 Å². The van der Waals surface area contributed by atoms with Gasteiger partial charge in [-0.3, -0.25) is 9.59 Å². The largest absolute Gasteiger partial charge is 0.311 e. The number of anilines is 2. The molecule has 0 bridgehead atoms. The van der Waals surface area contributed by atoms with Crippen LogP contribution in [-0.4, -0.2) is 18.9 Å². The van der Waals surface area contributed by atoms with Gasteiger partial charge in [0.25, 0.3) is 11.8 Å². The molecule has 0 saturated carbocycles. The first-order valence-electron chi connectivity index (χ1n) is 10.6. The summed E-state index contributed by atoms with van der Waals surface area (Å²) in [4.78, 5) is 29.8. The Morgan fingerprint density at radius 1 is 0.667 bits per heavy atom. The van der Waals surface area contributed by atoms with Crippen LogP contribution < -0.4 is 9.80 Å². The monoisotopic (exact) mass is 546 g/mol. The van der Waals surface area contributed by atoms with Crippen molar-refractivity contribution in [3.63, 3.8) is 0 Å². The summed E-state index contributed by atoms with van der Waals surface area (Å²) >= 11 is 2.17. The third kappa shape index (κ3) is 5.31. The highest BCUT2D eigenvalue weighted by Gasteiger charge is 2.20. The molecule has 0 aliphatic carbocycles. The Morgan fingerprint density at radius 2 is 1.24 bits per heavy atom. The second-order valence-electron chi connectivity index (χ2n) is 7.60. The lowest BCUT2D eigenvalue weighted by molar-refractivity contribution is 0.0981. The molecule has 4 aromatic rings. The molecule has 2 amide bonds. The number of hydrogen-bond donors (Lipinski definition) is 0. The second-order valence-corrected chi connectivity index (χ2v) is 8.77. The minimum atomic E-state index is -0.0943. The normalized spacial score (nSPS) is 10.5. The molecule has 164 valence electrons. The first-order chi connectivity index (χ1) is 16.0. The summed E-state index contributed by atoms with van der Waals surface area (Å²) in [6, 6.07) is 34.3. The first-order valence-corrected chi connectivity index (χ1v) is 11.7. The Balaban J connectivity index is 1.58. The molecule has 0 spiro atoms. The Morgan fingerprint density at radius 3 is 1.88 bits per heavy atom. The zero-order valence-electron chi connectivity index (χ0n) is 18.2. The maximum atomic E-state index is 13.5. The molecule has 5 heteroatoms.